The van der Waals surface area contributed by atoms with E-state index < -0.39 is 4.92 Å². The minimum absolute atomic E-state index is 0.0928. The van der Waals surface area contributed by atoms with E-state index in [2.05, 4.69) is 15.5 Å². The van der Waals surface area contributed by atoms with Crippen LogP contribution in [0.5, 0.6) is 0 Å². The number of aromatic amines is 1. The molecule has 0 amide bonds. The summed E-state index contributed by atoms with van der Waals surface area (Å²) in [5.74, 6) is 1.68. The maximum absolute atomic E-state index is 10.6. The highest BCUT2D eigenvalue weighted by Gasteiger charge is 2.23. The third-order valence-corrected chi connectivity index (χ3v) is 2.99. The summed E-state index contributed by atoms with van der Waals surface area (Å²) in [6, 6.07) is 6.46. The smallest absolute Gasteiger partial charge is 0.292 e. The SMILES string of the molecule is O=[N+]([O-])c1ccc(-c2[nH]nc3[n+]2CCCN3)cc1. The van der Waals surface area contributed by atoms with Gasteiger partial charge in [-0.3, -0.25) is 15.4 Å². The molecule has 0 atom stereocenters. The Balaban J connectivity index is 1.99. The summed E-state index contributed by atoms with van der Waals surface area (Å²) in [5.41, 5.74) is 0.985. The molecule has 3 rings (SSSR count). The number of anilines is 1. The second-order valence-corrected chi connectivity index (χ2v) is 4.13. The van der Waals surface area contributed by atoms with Gasteiger partial charge in [0.2, 0.25) is 5.82 Å². The minimum atomic E-state index is -0.402. The Bertz CT molecular complexity index is 590. The van der Waals surface area contributed by atoms with E-state index in [4.69, 9.17) is 0 Å². The second-order valence-electron chi connectivity index (χ2n) is 4.13. The van der Waals surface area contributed by atoms with Gasteiger partial charge in [0.1, 0.15) is 0 Å². The van der Waals surface area contributed by atoms with Crippen molar-refractivity contribution in [1.29, 1.82) is 0 Å². The zero-order chi connectivity index (χ0) is 12.5. The molecular formula is C11H12N5O2+. The number of benzene rings is 1. The maximum Gasteiger partial charge on any atom is 0.377 e. The topological polar surface area (TPSA) is 87.7 Å². The average Bonchev–Trinajstić information content (AvgIpc) is 2.82. The van der Waals surface area contributed by atoms with Crippen LogP contribution in [0.4, 0.5) is 11.6 Å². The standard InChI is InChI=1S/C11H11N5O2/c17-16(18)9-4-2-8(3-5-9)10-13-14-11-12-6-1-7-15(10)11/h2-5H,1,6-7H2,(H,12,14)/p+1. The normalized spacial score (nSPS) is 13.8. The predicted molar refractivity (Wildman–Crippen MR) is 64.0 cm³/mol. The Morgan fingerprint density at radius 1 is 1.33 bits per heavy atom. The fourth-order valence-electron chi connectivity index (χ4n) is 2.08. The fraction of sp³-hybridized carbons (Fsp3) is 0.273. The third kappa shape index (κ3) is 1.69. The van der Waals surface area contributed by atoms with E-state index in [1.165, 1.54) is 12.1 Å². The van der Waals surface area contributed by atoms with Gasteiger partial charge in [-0.05, 0) is 12.1 Å². The number of non-ortho nitro benzene ring substituents is 1. The van der Waals surface area contributed by atoms with Gasteiger partial charge in [0.25, 0.3) is 5.69 Å². The summed E-state index contributed by atoms with van der Waals surface area (Å²) in [7, 11) is 0. The van der Waals surface area contributed by atoms with Crippen LogP contribution in [0.3, 0.4) is 0 Å². The Hall–Kier alpha value is -2.44. The van der Waals surface area contributed by atoms with Crippen molar-refractivity contribution in [2.24, 2.45) is 0 Å². The Labute approximate surface area is 103 Å². The molecule has 1 aromatic carbocycles. The van der Waals surface area contributed by atoms with Gasteiger partial charge in [0, 0.05) is 29.2 Å². The average molecular weight is 246 g/mol. The lowest BCUT2D eigenvalue weighted by Gasteiger charge is -2.09. The van der Waals surface area contributed by atoms with Gasteiger partial charge in [-0.25, -0.2) is 4.57 Å². The van der Waals surface area contributed by atoms with E-state index in [0.29, 0.717) is 0 Å². The van der Waals surface area contributed by atoms with E-state index in [9.17, 15) is 10.1 Å². The number of rotatable bonds is 2. The van der Waals surface area contributed by atoms with Gasteiger partial charge < -0.3 is 0 Å². The van der Waals surface area contributed by atoms with Crippen LogP contribution < -0.4 is 9.88 Å². The second kappa shape index (κ2) is 4.10. The molecule has 7 nitrogen and oxygen atoms in total. The van der Waals surface area contributed by atoms with Crippen molar-refractivity contribution in [3.05, 3.63) is 34.4 Å². The van der Waals surface area contributed by atoms with E-state index in [1.54, 1.807) is 12.1 Å². The largest absolute Gasteiger partial charge is 0.377 e. The molecule has 1 aliphatic rings. The van der Waals surface area contributed by atoms with Gasteiger partial charge in [-0.1, -0.05) is 0 Å². The van der Waals surface area contributed by atoms with E-state index in [-0.39, 0.29) is 5.69 Å². The highest BCUT2D eigenvalue weighted by Crippen LogP contribution is 2.19. The van der Waals surface area contributed by atoms with Crippen molar-refractivity contribution in [1.82, 2.24) is 10.2 Å². The Kier molecular flexibility index (Phi) is 2.44. The molecule has 0 aliphatic carbocycles. The Morgan fingerprint density at radius 3 is 2.83 bits per heavy atom. The highest BCUT2D eigenvalue weighted by molar-refractivity contribution is 5.55. The molecule has 18 heavy (non-hydrogen) atoms. The van der Waals surface area contributed by atoms with Crippen LogP contribution in [0.1, 0.15) is 6.42 Å². The first-order valence-corrected chi connectivity index (χ1v) is 5.72. The van der Waals surface area contributed by atoms with Gasteiger partial charge in [-0.15, -0.1) is 0 Å². The number of nitro groups is 1. The summed E-state index contributed by atoms with van der Waals surface area (Å²) in [4.78, 5) is 10.2. The van der Waals surface area contributed by atoms with Gasteiger partial charge in [0.05, 0.1) is 18.0 Å². The van der Waals surface area contributed by atoms with Crippen molar-refractivity contribution >= 4 is 11.6 Å². The highest BCUT2D eigenvalue weighted by atomic mass is 16.6. The molecule has 0 radical (unpaired) electrons. The van der Waals surface area contributed by atoms with E-state index in [1.807, 2.05) is 4.57 Å². The number of H-pyrrole nitrogens is 1. The van der Waals surface area contributed by atoms with Crippen molar-refractivity contribution in [3.8, 4) is 11.4 Å². The maximum atomic E-state index is 10.6. The van der Waals surface area contributed by atoms with Crippen LogP contribution in [-0.2, 0) is 6.54 Å². The number of nitro benzene ring substituents is 1. The quantitative estimate of drug-likeness (QED) is 0.471. The first kappa shape index (κ1) is 10.7. The number of hydrogen-bond donors (Lipinski definition) is 2. The number of nitrogens with one attached hydrogen (secondary N) is 2. The minimum Gasteiger partial charge on any atom is -0.292 e. The van der Waals surface area contributed by atoms with Crippen molar-refractivity contribution in [2.75, 3.05) is 11.9 Å². The summed E-state index contributed by atoms with van der Waals surface area (Å²) in [6.45, 7) is 1.82. The van der Waals surface area contributed by atoms with E-state index in [0.717, 1.165) is 36.8 Å². The first-order valence-electron chi connectivity index (χ1n) is 5.72. The lowest BCUT2D eigenvalue weighted by Crippen LogP contribution is -2.42. The summed E-state index contributed by atoms with van der Waals surface area (Å²) in [6.07, 6.45) is 1.04. The zero-order valence-corrected chi connectivity index (χ0v) is 9.59. The molecule has 1 aromatic heterocycles. The molecule has 92 valence electrons. The van der Waals surface area contributed by atoms with Crippen LogP contribution in [0.25, 0.3) is 11.4 Å². The zero-order valence-electron chi connectivity index (χ0n) is 9.59. The fourth-order valence-corrected chi connectivity index (χ4v) is 2.08. The molecule has 0 unspecified atom stereocenters. The summed E-state index contributed by atoms with van der Waals surface area (Å²) < 4.78 is 2.05. The number of nitrogens with zero attached hydrogens (tertiary/aromatic N) is 3. The monoisotopic (exact) mass is 246 g/mol. The molecule has 0 bridgehead atoms. The molecule has 2 aromatic rings. The van der Waals surface area contributed by atoms with Crippen LogP contribution in [0.2, 0.25) is 0 Å². The lowest BCUT2D eigenvalue weighted by molar-refractivity contribution is -0.675. The summed E-state index contributed by atoms with van der Waals surface area (Å²) in [5, 5.41) is 20.9. The molecule has 1 aliphatic heterocycles. The molecule has 0 spiro atoms. The number of aromatic nitrogens is 3. The lowest BCUT2D eigenvalue weighted by atomic mass is 10.2. The molecule has 2 heterocycles. The number of fused-ring (bicyclic) bond motifs is 1. The molecule has 2 N–H and O–H groups in total. The van der Waals surface area contributed by atoms with Crippen molar-refractivity contribution < 1.29 is 9.49 Å². The van der Waals surface area contributed by atoms with Crippen LogP contribution >= 0.6 is 0 Å². The predicted octanol–water partition coefficient (Wildman–Crippen LogP) is 1.09. The van der Waals surface area contributed by atoms with E-state index >= 15 is 0 Å². The van der Waals surface area contributed by atoms with Crippen molar-refractivity contribution in [3.63, 3.8) is 0 Å². The van der Waals surface area contributed by atoms with Crippen LogP contribution in [0, 0.1) is 10.1 Å². The molecule has 0 fully saturated rings. The van der Waals surface area contributed by atoms with Crippen LogP contribution in [-0.4, -0.2) is 21.7 Å². The summed E-state index contributed by atoms with van der Waals surface area (Å²) >= 11 is 0. The first-order chi connectivity index (χ1) is 8.75. The van der Waals surface area contributed by atoms with Crippen LogP contribution in [0.15, 0.2) is 24.3 Å². The molecular weight excluding hydrogens is 234 g/mol. The van der Waals surface area contributed by atoms with Gasteiger partial charge in [-0.2, -0.15) is 5.10 Å². The van der Waals surface area contributed by atoms with Gasteiger partial charge >= 0.3 is 5.95 Å². The van der Waals surface area contributed by atoms with Gasteiger partial charge in [0.15, 0.2) is 0 Å². The Morgan fingerprint density at radius 2 is 2.11 bits per heavy atom. The number of hydrogen-bond acceptors (Lipinski definition) is 4. The molecule has 0 saturated heterocycles. The third-order valence-electron chi connectivity index (χ3n) is 2.99. The molecule has 7 heteroatoms. The molecule has 0 saturated carbocycles. The van der Waals surface area contributed by atoms with Crippen molar-refractivity contribution in [2.45, 2.75) is 13.0 Å².